The third-order valence-electron chi connectivity index (χ3n) is 9.93. The van der Waals surface area contributed by atoms with E-state index in [0.29, 0.717) is 0 Å². The third kappa shape index (κ3) is 5.40. The van der Waals surface area contributed by atoms with Crippen LogP contribution in [0.15, 0.2) is 146 Å². The summed E-state index contributed by atoms with van der Waals surface area (Å²) in [7, 11) is 0. The number of fused-ring (bicyclic) bond motifs is 4. The van der Waals surface area contributed by atoms with Crippen molar-refractivity contribution in [3.63, 3.8) is 0 Å². The van der Waals surface area contributed by atoms with Gasteiger partial charge in [-0.1, -0.05) is 141 Å². The van der Waals surface area contributed by atoms with E-state index in [0.717, 1.165) is 28.8 Å². The summed E-state index contributed by atoms with van der Waals surface area (Å²) in [6.45, 7) is 4.70. The second kappa shape index (κ2) is 12.1. The number of nitrogens with zero attached hydrogens (tertiary/aromatic N) is 1. The molecule has 0 fully saturated rings. The van der Waals surface area contributed by atoms with Crippen molar-refractivity contribution in [1.82, 2.24) is 9.98 Å². The van der Waals surface area contributed by atoms with Crippen molar-refractivity contribution in [1.29, 1.82) is 0 Å². The molecule has 1 aliphatic heterocycles. The zero-order valence-electron chi connectivity index (χ0n) is 27.3. The number of allylic oxidation sites excluding steroid dienone is 3. The standard InChI is InChI=1S/C45H38N3/c1-45(2)40-14-8-13-38(43(40)39-27-35-11-6-7-12-36(35)28-41(39)45)32-20-22-33(23-21-32)42(48-44(46)34-9-4-3-5-10-34)24-17-30-15-18-31(19-16-30)37-25-26-47-29-37/h3-16,18-29,44,48H,17,46H2,1-2H3/q+1/b42-24-. The summed E-state index contributed by atoms with van der Waals surface area (Å²) in [4.78, 5) is 0. The summed E-state index contributed by atoms with van der Waals surface area (Å²) in [5, 5.41) is 6.19. The van der Waals surface area contributed by atoms with Crippen LogP contribution in [-0.2, 0) is 11.8 Å². The van der Waals surface area contributed by atoms with Gasteiger partial charge in [-0.25, -0.2) is 0 Å². The van der Waals surface area contributed by atoms with Crippen molar-refractivity contribution in [3.05, 3.63) is 179 Å². The molecule has 2 aliphatic rings. The maximum atomic E-state index is 6.71. The van der Waals surface area contributed by atoms with Gasteiger partial charge in [-0.3, -0.25) is 0 Å². The van der Waals surface area contributed by atoms with Gasteiger partial charge in [-0.05, 0) is 85.0 Å². The molecule has 3 N–H and O–H groups in total. The first-order valence-electron chi connectivity index (χ1n) is 16.7. The molecule has 0 aromatic heterocycles. The second-order valence-electron chi connectivity index (χ2n) is 13.3. The van der Waals surface area contributed by atoms with E-state index in [1.807, 2.05) is 36.7 Å². The first kappa shape index (κ1) is 29.7. The Morgan fingerprint density at radius 2 is 1.44 bits per heavy atom. The summed E-state index contributed by atoms with van der Waals surface area (Å²) in [5.41, 5.74) is 21.3. The molecule has 0 saturated heterocycles. The Morgan fingerprint density at radius 3 is 2.17 bits per heavy atom. The zero-order chi connectivity index (χ0) is 32.7. The highest BCUT2D eigenvalue weighted by Gasteiger charge is 2.37. The van der Waals surface area contributed by atoms with Crippen LogP contribution in [0.3, 0.4) is 0 Å². The number of nitrogens with one attached hydrogen (secondary N) is 1. The highest BCUT2D eigenvalue weighted by atomic mass is 15.0. The smallest absolute Gasteiger partial charge is 0.300 e. The van der Waals surface area contributed by atoms with Crippen molar-refractivity contribution >= 4 is 34.5 Å². The normalized spacial score (nSPS) is 14.9. The van der Waals surface area contributed by atoms with Gasteiger partial charge in [0.25, 0.3) is 12.4 Å². The molecule has 1 aliphatic carbocycles. The molecule has 1 heterocycles. The van der Waals surface area contributed by atoms with Crippen molar-refractivity contribution in [3.8, 4) is 22.3 Å². The van der Waals surface area contributed by atoms with E-state index in [9.17, 15) is 0 Å². The SMILES string of the molecule is CC1(C)c2cc3ccccc3cc2-c2c(-c3ccc(/C(=C/Cc4ccc(C5=CC=[N+]=C5)cc4)NC(N)c4ccccc4)cc3)cccc21. The molecule has 0 spiro atoms. The lowest BCUT2D eigenvalue weighted by Gasteiger charge is -2.22. The summed E-state index contributed by atoms with van der Waals surface area (Å²) in [6, 6.07) is 48.1. The predicted octanol–water partition coefficient (Wildman–Crippen LogP) is 9.25. The van der Waals surface area contributed by atoms with E-state index in [-0.39, 0.29) is 11.6 Å². The van der Waals surface area contributed by atoms with Crippen LogP contribution in [0.25, 0.3) is 44.3 Å². The van der Waals surface area contributed by atoms with Crippen molar-refractivity contribution < 1.29 is 0 Å². The number of hydrogen-bond donors (Lipinski definition) is 2. The lowest BCUT2D eigenvalue weighted by molar-refractivity contribution is 0.661. The Bertz CT molecular complexity index is 2280. The number of hydrogen-bond acceptors (Lipinski definition) is 2. The molecule has 8 rings (SSSR count). The monoisotopic (exact) mass is 620 g/mol. The molecule has 3 nitrogen and oxygen atoms in total. The summed E-state index contributed by atoms with van der Waals surface area (Å²) in [5.74, 6) is 0. The molecule has 3 heteroatoms. The van der Waals surface area contributed by atoms with E-state index in [1.54, 1.807) is 0 Å². The van der Waals surface area contributed by atoms with Crippen LogP contribution in [0.5, 0.6) is 0 Å². The minimum absolute atomic E-state index is 0.0731. The number of rotatable bonds is 8. The van der Waals surface area contributed by atoms with Gasteiger partial charge in [0.2, 0.25) is 0 Å². The molecule has 6 aromatic rings. The van der Waals surface area contributed by atoms with E-state index >= 15 is 0 Å². The summed E-state index contributed by atoms with van der Waals surface area (Å²) < 4.78 is 4.21. The Hall–Kier alpha value is -5.73. The van der Waals surface area contributed by atoms with Gasteiger partial charge in [-0.2, -0.15) is 0 Å². The first-order chi connectivity index (χ1) is 23.5. The minimum atomic E-state index is -0.338. The summed E-state index contributed by atoms with van der Waals surface area (Å²) in [6.07, 6.45) is 8.46. The van der Waals surface area contributed by atoms with Gasteiger partial charge in [-0.15, -0.1) is 4.67 Å². The fraction of sp³-hybridized carbons (Fsp3) is 0.111. The van der Waals surface area contributed by atoms with E-state index in [4.69, 9.17) is 5.73 Å². The Kier molecular flexibility index (Phi) is 7.50. The van der Waals surface area contributed by atoms with Crippen molar-refractivity contribution in [2.75, 3.05) is 0 Å². The first-order valence-corrected chi connectivity index (χ1v) is 16.7. The van der Waals surface area contributed by atoms with Crippen LogP contribution in [0, 0.1) is 0 Å². The van der Waals surface area contributed by atoms with Crippen LogP contribution < -0.4 is 15.7 Å². The average Bonchev–Trinajstić information content (AvgIpc) is 3.75. The lowest BCUT2D eigenvalue weighted by atomic mass is 9.81. The van der Waals surface area contributed by atoms with Crippen LogP contribution >= 0.6 is 0 Å². The Morgan fingerprint density at radius 1 is 0.729 bits per heavy atom. The molecular weight excluding hydrogens is 583 g/mol. The fourth-order valence-electron chi connectivity index (χ4n) is 7.23. The van der Waals surface area contributed by atoms with Gasteiger partial charge < -0.3 is 11.1 Å². The van der Waals surface area contributed by atoms with Crippen LogP contribution in [-0.4, -0.2) is 12.4 Å². The van der Waals surface area contributed by atoms with Gasteiger partial charge in [0.05, 0.1) is 5.57 Å². The number of benzene rings is 6. The topological polar surface area (TPSA) is 52.2 Å². The minimum Gasteiger partial charge on any atom is -0.366 e. The maximum Gasteiger partial charge on any atom is 0.300 e. The largest absolute Gasteiger partial charge is 0.366 e. The molecule has 1 atom stereocenters. The molecule has 0 bridgehead atoms. The second-order valence-corrected chi connectivity index (χ2v) is 13.3. The quantitative estimate of drug-likeness (QED) is 0.132. The van der Waals surface area contributed by atoms with Gasteiger partial charge in [0.15, 0.2) is 0 Å². The molecule has 0 amide bonds. The van der Waals surface area contributed by atoms with Crippen molar-refractivity contribution in [2.24, 2.45) is 5.73 Å². The fourth-order valence-corrected chi connectivity index (χ4v) is 7.23. The molecule has 232 valence electrons. The van der Waals surface area contributed by atoms with Crippen molar-refractivity contribution in [2.45, 2.75) is 31.8 Å². The van der Waals surface area contributed by atoms with Gasteiger partial charge >= 0.3 is 0 Å². The highest BCUT2D eigenvalue weighted by Crippen LogP contribution is 2.53. The van der Waals surface area contributed by atoms with Crippen LogP contribution in [0.4, 0.5) is 0 Å². The van der Waals surface area contributed by atoms with E-state index in [2.05, 4.69) is 145 Å². The van der Waals surface area contributed by atoms with Crippen LogP contribution in [0.2, 0.25) is 0 Å². The maximum absolute atomic E-state index is 6.71. The molecule has 6 aromatic carbocycles. The molecule has 48 heavy (non-hydrogen) atoms. The predicted molar refractivity (Wildman–Crippen MR) is 204 cm³/mol. The Labute approximate surface area is 282 Å². The van der Waals surface area contributed by atoms with Gasteiger partial charge in [0, 0.05) is 17.2 Å². The van der Waals surface area contributed by atoms with Gasteiger partial charge in [0.1, 0.15) is 6.17 Å². The van der Waals surface area contributed by atoms with E-state index in [1.165, 1.54) is 55.3 Å². The Balaban J connectivity index is 1.14. The summed E-state index contributed by atoms with van der Waals surface area (Å²) >= 11 is 0. The molecule has 0 radical (unpaired) electrons. The lowest BCUT2D eigenvalue weighted by Crippen LogP contribution is -2.27. The molecule has 0 saturated carbocycles. The highest BCUT2D eigenvalue weighted by molar-refractivity contribution is 6.17. The molecule has 1 unspecified atom stereocenters. The van der Waals surface area contributed by atoms with Crippen LogP contribution in [0.1, 0.15) is 53.4 Å². The molecular formula is C45H38N3+. The average molecular weight is 621 g/mol. The third-order valence-corrected chi connectivity index (χ3v) is 9.93. The number of nitrogens with two attached hydrogens (primary N) is 1. The zero-order valence-corrected chi connectivity index (χ0v) is 27.3. The van der Waals surface area contributed by atoms with E-state index < -0.39 is 0 Å².